The molecule has 0 fully saturated rings. The van der Waals surface area contributed by atoms with E-state index in [2.05, 4.69) is 10.1 Å². The van der Waals surface area contributed by atoms with Gasteiger partial charge in [0.25, 0.3) is 0 Å². The van der Waals surface area contributed by atoms with Crippen LogP contribution in [0.15, 0.2) is 0 Å². The van der Waals surface area contributed by atoms with Gasteiger partial charge in [0.1, 0.15) is 0 Å². The molecular formula is C10H21NO3. The molecular weight excluding hydrogens is 182 g/mol. The average Bonchev–Trinajstić information content (AvgIpc) is 2.21. The molecule has 4 nitrogen and oxygen atoms in total. The van der Waals surface area contributed by atoms with E-state index < -0.39 is 0 Å². The lowest BCUT2D eigenvalue weighted by atomic mass is 10.3. The molecule has 1 N–H and O–H groups in total. The van der Waals surface area contributed by atoms with Crippen molar-refractivity contribution in [2.75, 3.05) is 33.4 Å². The molecule has 0 spiro atoms. The fourth-order valence-corrected chi connectivity index (χ4v) is 1.03. The summed E-state index contributed by atoms with van der Waals surface area (Å²) >= 11 is 0. The van der Waals surface area contributed by atoms with Crippen molar-refractivity contribution in [3.05, 3.63) is 0 Å². The molecule has 0 unspecified atom stereocenters. The fraction of sp³-hybridized carbons (Fsp3) is 0.900. The molecule has 0 aromatic rings. The van der Waals surface area contributed by atoms with Gasteiger partial charge in [-0.15, -0.1) is 0 Å². The van der Waals surface area contributed by atoms with Crippen LogP contribution in [0, 0.1) is 0 Å². The highest BCUT2D eigenvalue weighted by atomic mass is 16.5. The van der Waals surface area contributed by atoms with Crippen molar-refractivity contribution in [3.8, 4) is 0 Å². The van der Waals surface area contributed by atoms with Crippen molar-refractivity contribution in [1.29, 1.82) is 0 Å². The zero-order valence-corrected chi connectivity index (χ0v) is 9.17. The maximum absolute atomic E-state index is 10.7. The number of hydrogen-bond donors (Lipinski definition) is 1. The molecule has 0 saturated heterocycles. The first kappa shape index (κ1) is 13.4. The smallest absolute Gasteiger partial charge is 0.305 e. The lowest BCUT2D eigenvalue weighted by molar-refractivity contribution is -0.140. The maximum Gasteiger partial charge on any atom is 0.305 e. The molecule has 0 rings (SSSR count). The van der Waals surface area contributed by atoms with Crippen LogP contribution < -0.4 is 5.32 Å². The number of nitrogens with one attached hydrogen (secondary N) is 1. The van der Waals surface area contributed by atoms with Crippen LogP contribution in [-0.4, -0.2) is 39.4 Å². The number of esters is 1. The van der Waals surface area contributed by atoms with E-state index in [0.29, 0.717) is 6.42 Å². The summed E-state index contributed by atoms with van der Waals surface area (Å²) in [5, 5.41) is 3.24. The van der Waals surface area contributed by atoms with Crippen molar-refractivity contribution < 1.29 is 14.3 Å². The third kappa shape index (κ3) is 9.48. The highest BCUT2D eigenvalue weighted by Gasteiger charge is 1.97. The Hall–Kier alpha value is -0.610. The predicted octanol–water partition coefficient (Wildman–Crippen LogP) is 0.956. The summed E-state index contributed by atoms with van der Waals surface area (Å²) in [5.74, 6) is -0.138. The molecule has 0 bridgehead atoms. The molecule has 0 radical (unpaired) electrons. The quantitative estimate of drug-likeness (QED) is 0.448. The van der Waals surface area contributed by atoms with Gasteiger partial charge in [0, 0.05) is 19.6 Å². The molecule has 0 aromatic carbocycles. The first-order chi connectivity index (χ1) is 6.81. The molecule has 0 amide bonds. The second-order valence-electron chi connectivity index (χ2n) is 2.98. The molecule has 0 saturated carbocycles. The van der Waals surface area contributed by atoms with Gasteiger partial charge in [0.2, 0.25) is 0 Å². The van der Waals surface area contributed by atoms with Crippen molar-refractivity contribution in [2.45, 2.75) is 26.2 Å². The summed E-state index contributed by atoms with van der Waals surface area (Å²) in [7, 11) is 1.41. The van der Waals surface area contributed by atoms with E-state index in [9.17, 15) is 4.79 Å². The highest BCUT2D eigenvalue weighted by Crippen LogP contribution is 1.89. The number of ether oxygens (including phenoxy) is 2. The van der Waals surface area contributed by atoms with E-state index in [-0.39, 0.29) is 5.97 Å². The number of hydrogen-bond acceptors (Lipinski definition) is 4. The fourth-order valence-electron chi connectivity index (χ4n) is 1.03. The number of carbonyl (C=O) groups is 1. The number of methoxy groups -OCH3 is 1. The van der Waals surface area contributed by atoms with Gasteiger partial charge in [-0.1, -0.05) is 0 Å². The number of rotatable bonds is 9. The Morgan fingerprint density at radius 2 is 2.00 bits per heavy atom. The predicted molar refractivity (Wildman–Crippen MR) is 55.2 cm³/mol. The second-order valence-corrected chi connectivity index (χ2v) is 2.98. The second kappa shape index (κ2) is 10.5. The average molecular weight is 203 g/mol. The minimum absolute atomic E-state index is 0.138. The van der Waals surface area contributed by atoms with E-state index in [4.69, 9.17) is 4.74 Å². The molecule has 14 heavy (non-hydrogen) atoms. The summed E-state index contributed by atoms with van der Waals surface area (Å²) in [6.07, 6.45) is 2.35. The summed E-state index contributed by atoms with van der Waals surface area (Å²) in [4.78, 5) is 10.7. The van der Waals surface area contributed by atoms with Crippen molar-refractivity contribution in [3.63, 3.8) is 0 Å². The molecule has 0 atom stereocenters. The summed E-state index contributed by atoms with van der Waals surface area (Å²) < 4.78 is 9.70. The Bertz CT molecular complexity index is 139. The third-order valence-electron chi connectivity index (χ3n) is 1.81. The van der Waals surface area contributed by atoms with E-state index in [1.165, 1.54) is 7.11 Å². The van der Waals surface area contributed by atoms with E-state index in [1.54, 1.807) is 0 Å². The van der Waals surface area contributed by atoms with Gasteiger partial charge in [-0.2, -0.15) is 0 Å². The minimum Gasteiger partial charge on any atom is -0.469 e. The number of carbonyl (C=O) groups excluding carboxylic acids is 1. The standard InChI is InChI=1S/C10H21NO3/c1-3-14-9-5-8-11-7-4-6-10(12)13-2/h11H,3-9H2,1-2H3. The lowest BCUT2D eigenvalue weighted by Gasteiger charge is -2.04. The minimum atomic E-state index is -0.138. The van der Waals surface area contributed by atoms with Crippen LogP contribution in [0.4, 0.5) is 0 Å². The molecule has 0 aromatic heterocycles. The summed E-state index contributed by atoms with van der Waals surface area (Å²) in [5.41, 5.74) is 0. The van der Waals surface area contributed by atoms with E-state index in [0.717, 1.165) is 39.1 Å². The zero-order chi connectivity index (χ0) is 10.6. The van der Waals surface area contributed by atoms with Crippen LogP contribution in [-0.2, 0) is 14.3 Å². The van der Waals surface area contributed by atoms with Crippen LogP contribution in [0.1, 0.15) is 26.2 Å². The summed E-state index contributed by atoms with van der Waals surface area (Å²) in [6, 6.07) is 0. The largest absolute Gasteiger partial charge is 0.469 e. The van der Waals surface area contributed by atoms with Gasteiger partial charge in [0.05, 0.1) is 7.11 Å². The zero-order valence-electron chi connectivity index (χ0n) is 9.17. The Morgan fingerprint density at radius 3 is 2.64 bits per heavy atom. The van der Waals surface area contributed by atoms with Crippen molar-refractivity contribution in [1.82, 2.24) is 5.32 Å². The first-order valence-corrected chi connectivity index (χ1v) is 5.16. The Labute approximate surface area is 86.0 Å². The Balaban J connectivity index is 2.95. The highest BCUT2D eigenvalue weighted by molar-refractivity contribution is 5.68. The SMILES string of the molecule is CCOCCCNCCCC(=O)OC. The molecule has 0 aliphatic carbocycles. The van der Waals surface area contributed by atoms with E-state index >= 15 is 0 Å². The first-order valence-electron chi connectivity index (χ1n) is 5.16. The van der Waals surface area contributed by atoms with Gasteiger partial charge in [0.15, 0.2) is 0 Å². The Kier molecular flexibility index (Phi) is 10.0. The molecule has 4 heteroatoms. The third-order valence-corrected chi connectivity index (χ3v) is 1.81. The molecule has 0 aliphatic rings. The Morgan fingerprint density at radius 1 is 1.29 bits per heavy atom. The topological polar surface area (TPSA) is 47.6 Å². The lowest BCUT2D eigenvalue weighted by Crippen LogP contribution is -2.19. The maximum atomic E-state index is 10.7. The van der Waals surface area contributed by atoms with Crippen LogP contribution >= 0.6 is 0 Å². The monoisotopic (exact) mass is 203 g/mol. The van der Waals surface area contributed by atoms with E-state index in [1.807, 2.05) is 6.92 Å². The molecule has 0 heterocycles. The van der Waals surface area contributed by atoms with Crippen molar-refractivity contribution >= 4 is 5.97 Å². The van der Waals surface area contributed by atoms with Gasteiger partial charge >= 0.3 is 5.97 Å². The van der Waals surface area contributed by atoms with Crippen LogP contribution in [0.2, 0.25) is 0 Å². The summed E-state index contributed by atoms with van der Waals surface area (Å²) in [6.45, 7) is 5.38. The molecule has 84 valence electrons. The van der Waals surface area contributed by atoms with Gasteiger partial charge < -0.3 is 14.8 Å². The van der Waals surface area contributed by atoms with Crippen LogP contribution in [0.5, 0.6) is 0 Å². The van der Waals surface area contributed by atoms with Gasteiger partial charge in [-0.25, -0.2) is 0 Å². The van der Waals surface area contributed by atoms with Crippen LogP contribution in [0.3, 0.4) is 0 Å². The van der Waals surface area contributed by atoms with Gasteiger partial charge in [-0.05, 0) is 32.9 Å². The normalized spacial score (nSPS) is 10.1. The van der Waals surface area contributed by atoms with Gasteiger partial charge in [-0.3, -0.25) is 4.79 Å². The molecule has 0 aliphatic heterocycles. The van der Waals surface area contributed by atoms with Crippen LogP contribution in [0.25, 0.3) is 0 Å². The van der Waals surface area contributed by atoms with Crippen molar-refractivity contribution in [2.24, 2.45) is 0 Å².